The summed E-state index contributed by atoms with van der Waals surface area (Å²) in [4.78, 5) is 17.1. The Labute approximate surface area is 183 Å². The second-order valence-electron chi connectivity index (χ2n) is 8.23. The van der Waals surface area contributed by atoms with E-state index in [9.17, 15) is 15.0 Å². The average Bonchev–Trinajstić information content (AvgIpc) is 3.10. The van der Waals surface area contributed by atoms with Crippen LogP contribution in [0.15, 0.2) is 54.6 Å². The van der Waals surface area contributed by atoms with Gasteiger partial charge >= 0.3 is 0 Å². The van der Waals surface area contributed by atoms with Crippen molar-refractivity contribution in [2.45, 2.75) is 18.2 Å². The highest BCUT2D eigenvalue weighted by Gasteiger charge is 2.39. The first kappa shape index (κ1) is 21.9. The van der Waals surface area contributed by atoms with Gasteiger partial charge < -0.3 is 20.3 Å². The quantitative estimate of drug-likeness (QED) is 0.609. The summed E-state index contributed by atoms with van der Waals surface area (Å²) in [7, 11) is 0. The van der Waals surface area contributed by atoms with Crippen molar-refractivity contribution in [3.63, 3.8) is 0 Å². The smallest absolute Gasteiger partial charge is 0.251 e. The topological polar surface area (TPSA) is 85.3 Å². The van der Waals surface area contributed by atoms with Crippen molar-refractivity contribution in [1.82, 2.24) is 15.1 Å². The summed E-state index contributed by atoms with van der Waals surface area (Å²) in [5, 5.41) is 23.5. The summed E-state index contributed by atoms with van der Waals surface area (Å²) in [6.07, 6.45) is -1.66. The molecule has 2 aromatic rings. The van der Waals surface area contributed by atoms with E-state index in [1.807, 2.05) is 54.6 Å². The zero-order valence-electron chi connectivity index (χ0n) is 17.7. The third kappa shape index (κ3) is 5.50. The lowest BCUT2D eigenvalue weighted by atomic mass is 10.0. The number of morpholine rings is 1. The van der Waals surface area contributed by atoms with E-state index in [1.165, 1.54) is 0 Å². The fraction of sp³-hybridized carbons (Fsp3) is 0.458. The molecule has 4 rings (SSSR count). The number of likely N-dealkylation sites (tertiary alicyclic amines) is 1. The van der Waals surface area contributed by atoms with Crippen LogP contribution in [-0.4, -0.2) is 96.7 Å². The molecular formula is C24H31N3O4. The molecule has 7 nitrogen and oxygen atoms in total. The lowest BCUT2D eigenvalue weighted by Crippen LogP contribution is -2.48. The molecule has 2 saturated heterocycles. The van der Waals surface area contributed by atoms with Crippen LogP contribution in [-0.2, 0) is 4.74 Å². The molecule has 166 valence electrons. The van der Waals surface area contributed by atoms with E-state index in [0.29, 0.717) is 18.7 Å². The van der Waals surface area contributed by atoms with Crippen molar-refractivity contribution in [3.8, 4) is 11.1 Å². The van der Waals surface area contributed by atoms with Crippen molar-refractivity contribution in [3.05, 3.63) is 60.2 Å². The van der Waals surface area contributed by atoms with Crippen LogP contribution in [0.4, 0.5) is 0 Å². The van der Waals surface area contributed by atoms with Gasteiger partial charge in [0.15, 0.2) is 0 Å². The number of β-amino-alcohol motifs (C(OH)–C–C–N with tert-alkyl or cyclic N) is 1. The lowest BCUT2D eigenvalue weighted by molar-refractivity contribution is 0.0277. The maximum atomic E-state index is 12.7. The molecule has 2 aliphatic heterocycles. The monoisotopic (exact) mass is 425 g/mol. The standard InChI is InChI=1S/C24H31N3O4/c28-22-17-27(11-10-26-12-14-31-15-13-26)21(23(22)29)16-25-24(30)20-8-6-19(7-9-20)18-4-2-1-3-5-18/h1-9,21-23,28-29H,10-17H2,(H,25,30)/t21-,22-,23+/m0/s1. The predicted molar refractivity (Wildman–Crippen MR) is 119 cm³/mol. The number of carbonyl (C=O) groups excluding carboxylic acids is 1. The van der Waals surface area contributed by atoms with Crippen molar-refractivity contribution >= 4 is 5.91 Å². The minimum atomic E-state index is -0.870. The molecule has 3 atom stereocenters. The molecule has 0 aliphatic carbocycles. The predicted octanol–water partition coefficient (Wildman–Crippen LogP) is 0.822. The second kappa shape index (κ2) is 10.3. The van der Waals surface area contributed by atoms with Gasteiger partial charge in [0.25, 0.3) is 5.91 Å². The summed E-state index contributed by atoms with van der Waals surface area (Å²) in [5.74, 6) is -0.179. The van der Waals surface area contributed by atoms with E-state index in [2.05, 4.69) is 15.1 Å². The summed E-state index contributed by atoms with van der Waals surface area (Å²) in [5.41, 5.74) is 2.74. The Kier molecular flexibility index (Phi) is 7.32. The largest absolute Gasteiger partial charge is 0.389 e. The van der Waals surface area contributed by atoms with E-state index < -0.39 is 12.2 Å². The zero-order chi connectivity index (χ0) is 21.6. The number of benzene rings is 2. The number of hydrogen-bond donors (Lipinski definition) is 3. The molecule has 2 aromatic carbocycles. The SMILES string of the molecule is O=C(NC[C@H]1[C@@H](O)[C@@H](O)CN1CCN1CCOCC1)c1ccc(-c2ccccc2)cc1. The molecule has 3 N–H and O–H groups in total. The molecule has 0 aromatic heterocycles. The number of carbonyl (C=O) groups is 1. The van der Waals surface area contributed by atoms with Gasteiger partial charge in [-0.05, 0) is 23.3 Å². The highest BCUT2D eigenvalue weighted by Crippen LogP contribution is 2.20. The van der Waals surface area contributed by atoms with Crippen molar-refractivity contribution in [2.75, 3.05) is 52.5 Å². The highest BCUT2D eigenvalue weighted by atomic mass is 16.5. The van der Waals surface area contributed by atoms with E-state index in [0.717, 1.165) is 50.5 Å². The van der Waals surface area contributed by atoms with Crippen molar-refractivity contribution in [1.29, 1.82) is 0 Å². The van der Waals surface area contributed by atoms with Gasteiger partial charge in [-0.3, -0.25) is 14.6 Å². The zero-order valence-corrected chi connectivity index (χ0v) is 17.7. The number of aliphatic hydroxyl groups is 2. The number of aliphatic hydroxyl groups excluding tert-OH is 2. The van der Waals surface area contributed by atoms with Crippen LogP contribution < -0.4 is 5.32 Å². The summed E-state index contributed by atoms with van der Waals surface area (Å²) < 4.78 is 5.38. The maximum absolute atomic E-state index is 12.7. The average molecular weight is 426 g/mol. The van der Waals surface area contributed by atoms with Crippen LogP contribution in [0.3, 0.4) is 0 Å². The number of nitrogens with one attached hydrogen (secondary N) is 1. The van der Waals surface area contributed by atoms with Crippen LogP contribution >= 0.6 is 0 Å². The first-order chi connectivity index (χ1) is 15.1. The van der Waals surface area contributed by atoms with Gasteiger partial charge in [-0.15, -0.1) is 0 Å². The van der Waals surface area contributed by atoms with E-state index in [4.69, 9.17) is 4.74 Å². The molecule has 0 radical (unpaired) electrons. The Balaban J connectivity index is 1.32. The van der Waals surface area contributed by atoms with Crippen molar-refractivity contribution in [2.24, 2.45) is 0 Å². The Morgan fingerprint density at radius 2 is 1.65 bits per heavy atom. The van der Waals surface area contributed by atoms with Gasteiger partial charge in [-0.2, -0.15) is 0 Å². The third-order valence-electron chi connectivity index (χ3n) is 6.21. The van der Waals surface area contributed by atoms with Gasteiger partial charge in [-0.1, -0.05) is 42.5 Å². The van der Waals surface area contributed by atoms with Crippen LogP contribution in [0.5, 0.6) is 0 Å². The maximum Gasteiger partial charge on any atom is 0.251 e. The van der Waals surface area contributed by atoms with Crippen LogP contribution in [0.25, 0.3) is 11.1 Å². The fourth-order valence-electron chi connectivity index (χ4n) is 4.30. The Bertz CT molecular complexity index is 840. The van der Waals surface area contributed by atoms with Gasteiger partial charge in [-0.25, -0.2) is 0 Å². The Hall–Kier alpha value is -2.29. The van der Waals surface area contributed by atoms with Crippen molar-refractivity contribution < 1.29 is 19.7 Å². The van der Waals surface area contributed by atoms with E-state index >= 15 is 0 Å². The molecule has 0 spiro atoms. The number of hydrogen-bond acceptors (Lipinski definition) is 6. The highest BCUT2D eigenvalue weighted by molar-refractivity contribution is 5.94. The Morgan fingerprint density at radius 3 is 2.35 bits per heavy atom. The molecular weight excluding hydrogens is 394 g/mol. The molecule has 2 heterocycles. The molecule has 1 amide bonds. The molecule has 7 heteroatoms. The normalized spacial score (nSPS) is 24.9. The third-order valence-corrected chi connectivity index (χ3v) is 6.21. The summed E-state index contributed by atoms with van der Waals surface area (Å²) >= 11 is 0. The molecule has 0 unspecified atom stereocenters. The lowest BCUT2D eigenvalue weighted by Gasteiger charge is -2.31. The van der Waals surface area contributed by atoms with Gasteiger partial charge in [0, 0.05) is 44.8 Å². The van der Waals surface area contributed by atoms with E-state index in [-0.39, 0.29) is 11.9 Å². The van der Waals surface area contributed by atoms with Crippen LogP contribution in [0.2, 0.25) is 0 Å². The van der Waals surface area contributed by atoms with Crippen LogP contribution in [0.1, 0.15) is 10.4 Å². The molecule has 0 saturated carbocycles. The minimum Gasteiger partial charge on any atom is -0.389 e. The molecule has 2 fully saturated rings. The molecule has 2 aliphatic rings. The van der Waals surface area contributed by atoms with Gasteiger partial charge in [0.2, 0.25) is 0 Å². The number of rotatable bonds is 7. The number of ether oxygens (including phenoxy) is 1. The van der Waals surface area contributed by atoms with Gasteiger partial charge in [0.1, 0.15) is 0 Å². The van der Waals surface area contributed by atoms with Crippen LogP contribution in [0, 0.1) is 0 Å². The fourth-order valence-corrected chi connectivity index (χ4v) is 4.30. The number of amides is 1. The summed E-state index contributed by atoms with van der Waals surface area (Å²) in [6, 6.07) is 17.2. The Morgan fingerprint density at radius 1 is 0.968 bits per heavy atom. The second-order valence-corrected chi connectivity index (χ2v) is 8.23. The number of nitrogens with zero attached hydrogens (tertiary/aromatic N) is 2. The first-order valence-corrected chi connectivity index (χ1v) is 11.0. The van der Waals surface area contributed by atoms with E-state index in [1.54, 1.807) is 0 Å². The first-order valence-electron chi connectivity index (χ1n) is 11.0. The minimum absolute atomic E-state index is 0.179. The van der Waals surface area contributed by atoms with Gasteiger partial charge in [0.05, 0.1) is 31.5 Å². The molecule has 31 heavy (non-hydrogen) atoms. The summed E-state index contributed by atoms with van der Waals surface area (Å²) in [6.45, 7) is 5.59. The molecule has 0 bridgehead atoms.